The number of benzene rings is 2. The van der Waals surface area contributed by atoms with Crippen molar-refractivity contribution in [3.05, 3.63) is 47.5 Å². The largest absolute Gasteiger partial charge is 0.493 e. The summed E-state index contributed by atoms with van der Waals surface area (Å²) in [4.78, 5) is 24.6. The molecule has 0 fully saturated rings. The van der Waals surface area contributed by atoms with Crippen LogP contribution in [0.4, 0.5) is 5.69 Å². The van der Waals surface area contributed by atoms with E-state index < -0.39 is 5.91 Å². The van der Waals surface area contributed by atoms with Gasteiger partial charge in [0.05, 0.1) is 21.3 Å². The predicted molar refractivity (Wildman–Crippen MR) is 119 cm³/mol. The lowest BCUT2D eigenvalue weighted by Crippen LogP contribution is -2.34. The van der Waals surface area contributed by atoms with Crippen molar-refractivity contribution in [2.24, 2.45) is 0 Å². The minimum absolute atomic E-state index is 0.0493. The molecule has 0 bridgehead atoms. The topological polar surface area (TPSA) is 97.9 Å². The molecule has 2 aromatic rings. The van der Waals surface area contributed by atoms with E-state index in [2.05, 4.69) is 16.0 Å². The van der Waals surface area contributed by atoms with Crippen molar-refractivity contribution in [1.82, 2.24) is 10.6 Å². The highest BCUT2D eigenvalue weighted by atomic mass is 32.1. The number of rotatable bonds is 7. The maximum Gasteiger partial charge on any atom is 0.257 e. The third kappa shape index (κ3) is 5.84. The monoisotopic (exact) mass is 431 g/mol. The predicted octanol–water partition coefficient (Wildman–Crippen LogP) is 2.98. The Morgan fingerprint density at radius 3 is 1.90 bits per heavy atom. The van der Waals surface area contributed by atoms with Crippen LogP contribution in [0.15, 0.2) is 36.4 Å². The molecule has 9 heteroatoms. The van der Waals surface area contributed by atoms with Gasteiger partial charge in [-0.3, -0.25) is 14.9 Å². The number of nitrogens with one attached hydrogen (secondary N) is 3. The van der Waals surface area contributed by atoms with Gasteiger partial charge in [0, 0.05) is 22.9 Å². The van der Waals surface area contributed by atoms with E-state index in [1.54, 1.807) is 24.3 Å². The molecular weight excluding hydrogens is 406 g/mol. The van der Waals surface area contributed by atoms with Crippen molar-refractivity contribution < 1.29 is 23.8 Å². The summed E-state index contributed by atoms with van der Waals surface area (Å²) in [6, 6.07) is 9.85. The highest BCUT2D eigenvalue weighted by molar-refractivity contribution is 7.80. The third-order valence-corrected chi connectivity index (χ3v) is 4.18. The molecule has 0 atom stereocenters. The molecule has 0 aliphatic heterocycles. The first-order chi connectivity index (χ1) is 14.3. The van der Waals surface area contributed by atoms with Crippen LogP contribution in [0.1, 0.15) is 34.6 Å². The number of carbonyl (C=O) groups excluding carboxylic acids is 2. The molecule has 0 aliphatic rings. The fraction of sp³-hybridized carbons (Fsp3) is 0.286. The zero-order valence-electron chi connectivity index (χ0n) is 17.5. The fourth-order valence-corrected chi connectivity index (χ4v) is 2.81. The zero-order valence-corrected chi connectivity index (χ0v) is 18.3. The lowest BCUT2D eigenvalue weighted by atomic mass is 10.1. The average molecular weight is 432 g/mol. The Bertz CT molecular complexity index is 904. The van der Waals surface area contributed by atoms with E-state index in [4.69, 9.17) is 26.4 Å². The lowest BCUT2D eigenvalue weighted by Gasteiger charge is -2.15. The number of methoxy groups -OCH3 is 3. The second-order valence-electron chi connectivity index (χ2n) is 6.53. The molecule has 0 heterocycles. The molecule has 2 amide bonds. The molecule has 0 radical (unpaired) electrons. The molecule has 3 N–H and O–H groups in total. The van der Waals surface area contributed by atoms with Crippen LogP contribution in [0.3, 0.4) is 0 Å². The summed E-state index contributed by atoms with van der Waals surface area (Å²) >= 11 is 5.22. The van der Waals surface area contributed by atoms with Crippen LogP contribution < -0.4 is 30.2 Å². The molecule has 160 valence electrons. The SMILES string of the molecule is COc1cc(C(=O)NC(=S)Nc2ccc(C(=O)NC(C)C)cc2)cc(OC)c1OC. The minimum atomic E-state index is -0.445. The van der Waals surface area contributed by atoms with Crippen molar-refractivity contribution in [2.45, 2.75) is 19.9 Å². The Labute approximate surface area is 180 Å². The van der Waals surface area contributed by atoms with Gasteiger partial charge >= 0.3 is 0 Å². The smallest absolute Gasteiger partial charge is 0.257 e. The number of carbonyl (C=O) groups is 2. The van der Waals surface area contributed by atoms with Gasteiger partial charge in [-0.25, -0.2) is 0 Å². The first-order valence-corrected chi connectivity index (χ1v) is 9.53. The van der Waals surface area contributed by atoms with Gasteiger partial charge in [0.15, 0.2) is 16.6 Å². The molecule has 0 aromatic heterocycles. The van der Waals surface area contributed by atoms with E-state index in [1.807, 2.05) is 13.8 Å². The number of ether oxygens (including phenoxy) is 3. The molecule has 2 aromatic carbocycles. The van der Waals surface area contributed by atoms with E-state index >= 15 is 0 Å². The summed E-state index contributed by atoms with van der Waals surface area (Å²) in [7, 11) is 4.42. The van der Waals surface area contributed by atoms with Gasteiger partial charge in [0.2, 0.25) is 5.75 Å². The van der Waals surface area contributed by atoms with Crippen LogP contribution in [0.25, 0.3) is 0 Å². The van der Waals surface area contributed by atoms with Crippen molar-refractivity contribution in [1.29, 1.82) is 0 Å². The van der Waals surface area contributed by atoms with Gasteiger partial charge in [-0.15, -0.1) is 0 Å². The van der Waals surface area contributed by atoms with Gasteiger partial charge in [0.1, 0.15) is 0 Å². The highest BCUT2D eigenvalue weighted by Gasteiger charge is 2.17. The van der Waals surface area contributed by atoms with Crippen molar-refractivity contribution >= 4 is 34.8 Å². The van der Waals surface area contributed by atoms with E-state index in [-0.39, 0.29) is 22.6 Å². The lowest BCUT2D eigenvalue weighted by molar-refractivity contribution is 0.0941. The third-order valence-electron chi connectivity index (χ3n) is 3.98. The average Bonchev–Trinajstić information content (AvgIpc) is 2.72. The first kappa shape index (κ1) is 23.0. The summed E-state index contributed by atoms with van der Waals surface area (Å²) in [5.41, 5.74) is 1.45. The molecule has 8 nitrogen and oxygen atoms in total. The van der Waals surface area contributed by atoms with Crippen LogP contribution in [-0.2, 0) is 0 Å². The zero-order chi connectivity index (χ0) is 22.3. The maximum atomic E-state index is 12.6. The molecule has 0 spiro atoms. The van der Waals surface area contributed by atoms with Gasteiger partial charge in [0.25, 0.3) is 11.8 Å². The van der Waals surface area contributed by atoms with E-state index in [0.717, 1.165) is 0 Å². The molecule has 30 heavy (non-hydrogen) atoms. The maximum absolute atomic E-state index is 12.6. The Kier molecular flexibility index (Phi) is 7.99. The fourth-order valence-electron chi connectivity index (χ4n) is 2.60. The summed E-state index contributed by atoms with van der Waals surface area (Å²) in [6.07, 6.45) is 0. The Morgan fingerprint density at radius 1 is 0.867 bits per heavy atom. The van der Waals surface area contributed by atoms with Gasteiger partial charge in [-0.1, -0.05) is 0 Å². The normalized spacial score (nSPS) is 10.2. The van der Waals surface area contributed by atoms with Gasteiger partial charge in [-0.05, 0) is 62.5 Å². The number of anilines is 1. The number of hydrogen-bond acceptors (Lipinski definition) is 6. The Hall–Kier alpha value is -3.33. The first-order valence-electron chi connectivity index (χ1n) is 9.12. The van der Waals surface area contributed by atoms with Crippen LogP contribution in [0.2, 0.25) is 0 Å². The standard InChI is InChI=1S/C21H25N3O5S/c1-12(2)22-19(25)13-6-8-15(9-7-13)23-21(30)24-20(26)14-10-16(27-3)18(29-5)17(11-14)28-4/h6-12H,1-5H3,(H,22,25)(H2,23,24,26,30). The molecule has 0 saturated carbocycles. The molecule has 0 saturated heterocycles. The van der Waals surface area contributed by atoms with Crippen LogP contribution >= 0.6 is 12.2 Å². The van der Waals surface area contributed by atoms with Crippen molar-refractivity contribution in [2.75, 3.05) is 26.6 Å². The summed E-state index contributed by atoms with van der Waals surface area (Å²) in [5, 5.41) is 8.43. The van der Waals surface area contributed by atoms with Gasteiger partial charge in [-0.2, -0.15) is 0 Å². The van der Waals surface area contributed by atoms with Crippen molar-refractivity contribution in [3.8, 4) is 17.2 Å². The summed E-state index contributed by atoms with van der Waals surface area (Å²) in [5.74, 6) is 0.501. The second-order valence-corrected chi connectivity index (χ2v) is 6.94. The van der Waals surface area contributed by atoms with Gasteiger partial charge < -0.3 is 24.8 Å². The molecule has 0 unspecified atom stereocenters. The number of amides is 2. The van der Waals surface area contributed by atoms with Crippen LogP contribution in [0, 0.1) is 0 Å². The van der Waals surface area contributed by atoms with Crippen LogP contribution in [0.5, 0.6) is 17.2 Å². The van der Waals surface area contributed by atoms with Crippen LogP contribution in [-0.4, -0.2) is 44.3 Å². The quantitative estimate of drug-likeness (QED) is 0.580. The van der Waals surface area contributed by atoms with E-state index in [0.29, 0.717) is 28.5 Å². The molecule has 0 aliphatic carbocycles. The van der Waals surface area contributed by atoms with E-state index in [9.17, 15) is 9.59 Å². The number of hydrogen-bond donors (Lipinski definition) is 3. The number of thiocarbonyl (C=S) groups is 1. The Morgan fingerprint density at radius 2 is 1.43 bits per heavy atom. The summed E-state index contributed by atoms with van der Waals surface area (Å²) in [6.45, 7) is 3.78. The molecular formula is C21H25N3O5S. The van der Waals surface area contributed by atoms with E-state index in [1.165, 1.54) is 33.5 Å². The van der Waals surface area contributed by atoms with Crippen molar-refractivity contribution in [3.63, 3.8) is 0 Å². The highest BCUT2D eigenvalue weighted by Crippen LogP contribution is 2.38. The summed E-state index contributed by atoms with van der Waals surface area (Å²) < 4.78 is 15.8. The minimum Gasteiger partial charge on any atom is -0.493 e. The second kappa shape index (κ2) is 10.4. The molecule has 2 rings (SSSR count). The Balaban J connectivity index is 2.06.